The Morgan fingerprint density at radius 1 is 0.935 bits per heavy atom. The van der Waals surface area contributed by atoms with Gasteiger partial charge in [0.2, 0.25) is 0 Å². The van der Waals surface area contributed by atoms with E-state index in [1.54, 1.807) is 6.07 Å². The summed E-state index contributed by atoms with van der Waals surface area (Å²) < 4.78 is 0.610. The molecule has 0 bridgehead atoms. The first-order valence-electron chi connectivity index (χ1n) is 9.74. The molecule has 0 spiro atoms. The normalized spacial score (nSPS) is 31.3. The van der Waals surface area contributed by atoms with E-state index in [1.807, 2.05) is 66.7 Å². The second-order valence-electron chi connectivity index (χ2n) is 7.95. The first-order chi connectivity index (χ1) is 14.8. The molecule has 3 N–H and O–H groups in total. The SMILES string of the molecule is O=C(O)C1C(O)C2(O)c3ccc(Br)cc3SC2(c2ccc(Br)cc2)C1c1ccccc1. The van der Waals surface area contributed by atoms with Crippen LogP contribution in [0.4, 0.5) is 0 Å². The fourth-order valence-electron chi connectivity index (χ4n) is 5.26. The molecule has 2 aliphatic rings. The maximum Gasteiger partial charge on any atom is 0.309 e. The van der Waals surface area contributed by atoms with E-state index >= 15 is 0 Å². The molecular formula is C24H18Br2O4S. The van der Waals surface area contributed by atoms with Gasteiger partial charge in [-0.25, -0.2) is 0 Å². The average Bonchev–Trinajstić information content (AvgIpc) is 3.12. The largest absolute Gasteiger partial charge is 0.481 e. The Balaban J connectivity index is 1.87. The predicted molar refractivity (Wildman–Crippen MR) is 126 cm³/mol. The molecule has 5 atom stereocenters. The van der Waals surface area contributed by atoms with Crippen molar-refractivity contribution < 1.29 is 20.1 Å². The van der Waals surface area contributed by atoms with Crippen LogP contribution in [0.3, 0.4) is 0 Å². The van der Waals surface area contributed by atoms with Gasteiger partial charge in [-0.1, -0.05) is 80.4 Å². The fraction of sp³-hybridized carbons (Fsp3) is 0.208. The second-order valence-corrected chi connectivity index (χ2v) is 11.1. The maximum atomic E-state index is 12.5. The summed E-state index contributed by atoms with van der Waals surface area (Å²) in [6.45, 7) is 0. The molecule has 1 fully saturated rings. The zero-order valence-electron chi connectivity index (χ0n) is 16.1. The van der Waals surface area contributed by atoms with Gasteiger partial charge in [0.05, 0.1) is 10.7 Å². The number of thioether (sulfide) groups is 1. The summed E-state index contributed by atoms with van der Waals surface area (Å²) in [5, 5.41) is 33.9. The molecule has 5 rings (SSSR count). The van der Waals surface area contributed by atoms with Crippen LogP contribution >= 0.6 is 43.6 Å². The van der Waals surface area contributed by atoms with Crippen LogP contribution in [0.15, 0.2) is 86.6 Å². The second kappa shape index (κ2) is 7.46. The van der Waals surface area contributed by atoms with Crippen molar-refractivity contribution in [3.63, 3.8) is 0 Å². The van der Waals surface area contributed by atoms with Crippen molar-refractivity contribution in [1.82, 2.24) is 0 Å². The van der Waals surface area contributed by atoms with Crippen LogP contribution in [0.5, 0.6) is 0 Å². The summed E-state index contributed by atoms with van der Waals surface area (Å²) in [5.74, 6) is -2.97. The Morgan fingerprint density at radius 3 is 2.23 bits per heavy atom. The van der Waals surface area contributed by atoms with Gasteiger partial charge in [0.25, 0.3) is 0 Å². The molecule has 4 nitrogen and oxygen atoms in total. The molecule has 1 aliphatic heterocycles. The monoisotopic (exact) mass is 560 g/mol. The summed E-state index contributed by atoms with van der Waals surface area (Å²) in [7, 11) is 0. The third-order valence-electron chi connectivity index (χ3n) is 6.47. The molecule has 0 aromatic heterocycles. The van der Waals surface area contributed by atoms with Crippen molar-refractivity contribution in [3.05, 3.63) is 98.4 Å². The number of hydrogen-bond acceptors (Lipinski definition) is 4. The third kappa shape index (κ3) is 2.84. The number of carboxylic acids is 1. The van der Waals surface area contributed by atoms with Gasteiger partial charge >= 0.3 is 5.97 Å². The van der Waals surface area contributed by atoms with Crippen LogP contribution in [-0.2, 0) is 15.1 Å². The number of aliphatic hydroxyl groups is 2. The minimum absolute atomic E-state index is 0.556. The van der Waals surface area contributed by atoms with E-state index in [2.05, 4.69) is 31.9 Å². The number of carbonyl (C=O) groups is 1. The van der Waals surface area contributed by atoms with Crippen LogP contribution in [0, 0.1) is 5.92 Å². The van der Waals surface area contributed by atoms with E-state index in [-0.39, 0.29) is 0 Å². The van der Waals surface area contributed by atoms with Gasteiger partial charge in [-0.15, -0.1) is 11.8 Å². The number of hydrogen-bond donors (Lipinski definition) is 3. The quantitative estimate of drug-likeness (QED) is 0.406. The number of rotatable bonds is 3. The van der Waals surface area contributed by atoms with E-state index in [1.165, 1.54) is 11.8 Å². The first-order valence-corrected chi connectivity index (χ1v) is 12.1. The molecule has 1 aliphatic carbocycles. The molecule has 0 saturated heterocycles. The molecule has 158 valence electrons. The lowest BCUT2D eigenvalue weighted by molar-refractivity contribution is -0.150. The minimum atomic E-state index is -1.79. The lowest BCUT2D eigenvalue weighted by atomic mass is 9.73. The number of aliphatic carboxylic acids is 1. The topological polar surface area (TPSA) is 77.8 Å². The van der Waals surface area contributed by atoms with Crippen LogP contribution < -0.4 is 0 Å². The Bertz CT molecular complexity index is 1170. The lowest BCUT2D eigenvalue weighted by Crippen LogP contribution is -2.48. The van der Waals surface area contributed by atoms with Crippen molar-refractivity contribution in [2.45, 2.75) is 27.3 Å². The van der Waals surface area contributed by atoms with Gasteiger partial charge in [-0.3, -0.25) is 4.79 Å². The molecule has 1 heterocycles. The Labute approximate surface area is 200 Å². The summed E-state index contributed by atoms with van der Waals surface area (Å²) in [4.78, 5) is 13.3. The van der Waals surface area contributed by atoms with Gasteiger partial charge < -0.3 is 15.3 Å². The highest BCUT2D eigenvalue weighted by molar-refractivity contribution is 9.10. The summed E-state index contributed by atoms with van der Waals surface area (Å²) in [5.41, 5.74) is 0.311. The molecule has 0 amide bonds. The average molecular weight is 562 g/mol. The molecule has 5 unspecified atom stereocenters. The van der Waals surface area contributed by atoms with E-state index < -0.39 is 34.3 Å². The molecule has 3 aromatic carbocycles. The van der Waals surface area contributed by atoms with Gasteiger partial charge in [0.1, 0.15) is 11.7 Å². The summed E-state index contributed by atoms with van der Waals surface area (Å²) in [6, 6.07) is 22.4. The zero-order valence-corrected chi connectivity index (χ0v) is 20.1. The van der Waals surface area contributed by atoms with E-state index in [0.717, 1.165) is 25.0 Å². The zero-order chi connectivity index (χ0) is 22.0. The van der Waals surface area contributed by atoms with E-state index in [0.29, 0.717) is 5.56 Å². The van der Waals surface area contributed by atoms with Crippen molar-refractivity contribution in [2.24, 2.45) is 5.92 Å². The van der Waals surface area contributed by atoms with Crippen LogP contribution in [0.2, 0.25) is 0 Å². The fourth-order valence-corrected chi connectivity index (χ4v) is 7.95. The number of carboxylic acid groups (broad SMARTS) is 1. The minimum Gasteiger partial charge on any atom is -0.481 e. The molecular weight excluding hydrogens is 544 g/mol. The Hall–Kier alpha value is -1.64. The van der Waals surface area contributed by atoms with Crippen molar-refractivity contribution in [3.8, 4) is 0 Å². The first kappa shape index (κ1) is 21.2. The summed E-state index contributed by atoms with van der Waals surface area (Å²) in [6.07, 6.45) is -1.49. The van der Waals surface area contributed by atoms with Gasteiger partial charge in [0, 0.05) is 25.3 Å². The van der Waals surface area contributed by atoms with Crippen molar-refractivity contribution >= 4 is 49.6 Å². The molecule has 3 aromatic rings. The Morgan fingerprint density at radius 2 is 1.58 bits per heavy atom. The smallest absolute Gasteiger partial charge is 0.309 e. The van der Waals surface area contributed by atoms with Crippen molar-refractivity contribution in [2.75, 3.05) is 0 Å². The molecule has 31 heavy (non-hydrogen) atoms. The highest BCUT2D eigenvalue weighted by Crippen LogP contribution is 2.74. The Kier molecular flexibility index (Phi) is 5.10. The number of halogens is 2. The van der Waals surface area contributed by atoms with Crippen molar-refractivity contribution in [1.29, 1.82) is 0 Å². The molecule has 1 saturated carbocycles. The number of benzene rings is 3. The highest BCUT2D eigenvalue weighted by Gasteiger charge is 2.75. The predicted octanol–water partition coefficient (Wildman–Crippen LogP) is 5.26. The van der Waals surface area contributed by atoms with Gasteiger partial charge in [-0.2, -0.15) is 0 Å². The van der Waals surface area contributed by atoms with Crippen LogP contribution in [0.25, 0.3) is 0 Å². The molecule has 7 heteroatoms. The van der Waals surface area contributed by atoms with Crippen LogP contribution in [-0.4, -0.2) is 27.4 Å². The third-order valence-corrected chi connectivity index (χ3v) is 9.18. The summed E-state index contributed by atoms with van der Waals surface area (Å²) >= 11 is 8.40. The van der Waals surface area contributed by atoms with Crippen LogP contribution in [0.1, 0.15) is 22.6 Å². The maximum absolute atomic E-state index is 12.5. The van der Waals surface area contributed by atoms with Gasteiger partial charge in [0.15, 0.2) is 0 Å². The molecule has 0 radical (unpaired) electrons. The standard InChI is InChI=1S/C24H18Br2O4S/c25-15-8-6-14(7-9-15)24-20(13-4-2-1-3-5-13)19(22(28)29)21(27)23(24,30)17-11-10-16(26)12-18(17)31-24/h1-12,19-21,27,30H,(H,28,29). The van der Waals surface area contributed by atoms with Gasteiger partial charge in [-0.05, 0) is 35.4 Å². The number of fused-ring (bicyclic) bond motifs is 3. The van der Waals surface area contributed by atoms with E-state index in [9.17, 15) is 20.1 Å². The highest BCUT2D eigenvalue weighted by atomic mass is 79.9. The van der Waals surface area contributed by atoms with E-state index in [4.69, 9.17) is 0 Å². The lowest BCUT2D eigenvalue weighted by Gasteiger charge is -2.41. The number of aliphatic hydroxyl groups excluding tert-OH is 1.